The van der Waals surface area contributed by atoms with Crippen molar-refractivity contribution in [3.63, 3.8) is 0 Å². The van der Waals surface area contributed by atoms with Crippen LogP contribution in [0.1, 0.15) is 21.9 Å². The second-order valence-electron chi connectivity index (χ2n) is 9.43. The summed E-state index contributed by atoms with van der Waals surface area (Å²) >= 11 is 1.56. The number of nitrogens with one attached hydrogen (secondary N) is 1. The molecule has 0 aliphatic carbocycles. The molecular formula is C31H32N4O4S. The van der Waals surface area contributed by atoms with Gasteiger partial charge in [0.1, 0.15) is 18.1 Å². The van der Waals surface area contributed by atoms with Gasteiger partial charge in [-0.2, -0.15) is 5.10 Å². The molecule has 0 saturated carbocycles. The summed E-state index contributed by atoms with van der Waals surface area (Å²) in [7, 11) is 3.20. The van der Waals surface area contributed by atoms with E-state index in [1.54, 1.807) is 35.6 Å². The molecule has 0 fully saturated rings. The van der Waals surface area contributed by atoms with E-state index < -0.39 is 0 Å². The third-order valence-corrected chi connectivity index (χ3v) is 8.09. The summed E-state index contributed by atoms with van der Waals surface area (Å²) in [5, 5.41) is 7.80. The molecular weight excluding hydrogens is 524 g/mol. The van der Waals surface area contributed by atoms with Crippen LogP contribution in [0.4, 0.5) is 5.82 Å². The zero-order chi connectivity index (χ0) is 28.1. The first-order valence-corrected chi connectivity index (χ1v) is 14.1. The molecule has 206 valence electrons. The second kappa shape index (κ2) is 12.4. The summed E-state index contributed by atoms with van der Waals surface area (Å²) in [5.41, 5.74) is 5.60. The molecule has 4 aromatic rings. The number of nitrogens with zero attached hydrogens (tertiary/aromatic N) is 3. The summed E-state index contributed by atoms with van der Waals surface area (Å²) in [6, 6.07) is 25.7. The molecule has 2 heterocycles. The summed E-state index contributed by atoms with van der Waals surface area (Å²) in [6.45, 7) is 2.70. The van der Waals surface area contributed by atoms with Crippen LogP contribution in [-0.4, -0.2) is 61.3 Å². The highest BCUT2D eigenvalue weighted by Gasteiger charge is 2.38. The quantitative estimate of drug-likeness (QED) is 0.299. The summed E-state index contributed by atoms with van der Waals surface area (Å²) in [5.74, 6) is 1.10. The highest BCUT2D eigenvalue weighted by atomic mass is 32.2. The fraction of sp³-hybridized carbons (Fsp3) is 0.258. The average Bonchev–Trinajstić information content (AvgIpc) is 3.31. The molecule has 1 aliphatic heterocycles. The van der Waals surface area contributed by atoms with Gasteiger partial charge in [-0.05, 0) is 42.3 Å². The van der Waals surface area contributed by atoms with Gasteiger partial charge in [-0.3, -0.25) is 14.5 Å². The monoisotopic (exact) mass is 556 g/mol. The standard InChI is InChI=1S/C31H32N4O4S/c1-21-9-7-8-12-25(21)30-28-29(22-10-5-4-6-11-22)33-35(23-13-15-24(39-3)16-14-23)31(28)34(27(37)20-40-30)19-26(36)32-17-18-38-2/h4-16,30H,17-20H2,1-3H3,(H,32,36)/t30-/m0/s1. The van der Waals surface area contributed by atoms with Crippen LogP contribution in [0.3, 0.4) is 0 Å². The minimum atomic E-state index is -0.264. The van der Waals surface area contributed by atoms with E-state index in [9.17, 15) is 9.59 Å². The molecule has 0 radical (unpaired) electrons. The molecule has 5 rings (SSSR count). The lowest BCUT2D eigenvalue weighted by atomic mass is 9.97. The fourth-order valence-corrected chi connectivity index (χ4v) is 6.14. The second-order valence-corrected chi connectivity index (χ2v) is 10.5. The molecule has 0 spiro atoms. The molecule has 0 unspecified atom stereocenters. The molecule has 40 heavy (non-hydrogen) atoms. The zero-order valence-electron chi connectivity index (χ0n) is 22.8. The van der Waals surface area contributed by atoms with Crippen molar-refractivity contribution in [1.82, 2.24) is 15.1 Å². The third-order valence-electron chi connectivity index (χ3n) is 6.85. The number of hydrogen-bond donors (Lipinski definition) is 1. The Bertz CT molecular complexity index is 1490. The molecule has 9 heteroatoms. The van der Waals surface area contributed by atoms with Crippen LogP contribution < -0.4 is 15.0 Å². The first-order chi connectivity index (χ1) is 19.5. The maximum Gasteiger partial charge on any atom is 0.240 e. The van der Waals surface area contributed by atoms with E-state index in [2.05, 4.69) is 24.4 Å². The Balaban J connectivity index is 1.75. The van der Waals surface area contributed by atoms with Crippen molar-refractivity contribution in [3.8, 4) is 22.7 Å². The summed E-state index contributed by atoms with van der Waals surface area (Å²) in [6.07, 6.45) is 0. The van der Waals surface area contributed by atoms with E-state index in [4.69, 9.17) is 14.6 Å². The number of ether oxygens (including phenoxy) is 2. The first kappa shape index (κ1) is 27.5. The van der Waals surface area contributed by atoms with Gasteiger partial charge in [-0.1, -0.05) is 54.6 Å². The number of anilines is 1. The molecule has 1 aromatic heterocycles. The van der Waals surface area contributed by atoms with Gasteiger partial charge >= 0.3 is 0 Å². The van der Waals surface area contributed by atoms with Crippen molar-refractivity contribution in [3.05, 3.63) is 95.6 Å². The number of rotatable bonds is 9. The normalized spacial score (nSPS) is 14.9. The number of benzene rings is 3. The number of thioether (sulfide) groups is 1. The minimum Gasteiger partial charge on any atom is -0.497 e. The van der Waals surface area contributed by atoms with E-state index in [0.29, 0.717) is 24.7 Å². The minimum absolute atomic E-state index is 0.132. The lowest BCUT2D eigenvalue weighted by Gasteiger charge is -2.23. The van der Waals surface area contributed by atoms with E-state index >= 15 is 0 Å². The Kier molecular flexibility index (Phi) is 8.52. The molecule has 2 amide bonds. The highest BCUT2D eigenvalue weighted by Crippen LogP contribution is 2.49. The van der Waals surface area contributed by atoms with Gasteiger partial charge in [0, 0.05) is 24.8 Å². The number of carbonyl (C=O) groups excluding carboxylic acids is 2. The van der Waals surface area contributed by atoms with Gasteiger partial charge in [0.25, 0.3) is 0 Å². The molecule has 1 atom stereocenters. The fourth-order valence-electron chi connectivity index (χ4n) is 4.85. The van der Waals surface area contributed by atoms with Crippen molar-refractivity contribution in [2.45, 2.75) is 12.2 Å². The topological polar surface area (TPSA) is 85.7 Å². The van der Waals surface area contributed by atoms with E-state index in [1.165, 1.54) is 0 Å². The Labute approximate surface area is 238 Å². The number of methoxy groups -OCH3 is 2. The van der Waals surface area contributed by atoms with Crippen molar-refractivity contribution in [2.75, 3.05) is 44.6 Å². The molecule has 1 aliphatic rings. The predicted octanol–water partition coefficient (Wildman–Crippen LogP) is 4.79. The van der Waals surface area contributed by atoms with Crippen LogP contribution in [-0.2, 0) is 14.3 Å². The van der Waals surface area contributed by atoms with Crippen molar-refractivity contribution in [2.24, 2.45) is 0 Å². The third kappa shape index (κ3) is 5.61. The van der Waals surface area contributed by atoms with Crippen LogP contribution >= 0.6 is 11.8 Å². The van der Waals surface area contributed by atoms with Crippen LogP contribution in [0.25, 0.3) is 16.9 Å². The Morgan fingerprint density at radius 3 is 2.45 bits per heavy atom. The number of aryl methyl sites for hydroxylation is 1. The number of fused-ring (bicyclic) bond motifs is 1. The lowest BCUT2D eigenvalue weighted by Crippen LogP contribution is -2.43. The predicted molar refractivity (Wildman–Crippen MR) is 158 cm³/mol. The molecule has 3 aromatic carbocycles. The maximum atomic E-state index is 13.8. The van der Waals surface area contributed by atoms with Gasteiger partial charge in [0.15, 0.2) is 0 Å². The van der Waals surface area contributed by atoms with Gasteiger partial charge in [-0.25, -0.2) is 4.68 Å². The molecule has 8 nitrogen and oxygen atoms in total. The van der Waals surface area contributed by atoms with Crippen LogP contribution in [0.5, 0.6) is 5.75 Å². The first-order valence-electron chi connectivity index (χ1n) is 13.1. The molecule has 1 N–H and O–H groups in total. The number of carbonyl (C=O) groups is 2. The largest absolute Gasteiger partial charge is 0.497 e. The molecule has 0 saturated heterocycles. The highest BCUT2D eigenvalue weighted by molar-refractivity contribution is 8.00. The van der Waals surface area contributed by atoms with Gasteiger partial charge in [0.05, 0.1) is 36.1 Å². The average molecular weight is 557 g/mol. The Morgan fingerprint density at radius 2 is 1.75 bits per heavy atom. The Morgan fingerprint density at radius 1 is 1.02 bits per heavy atom. The Hall–Kier alpha value is -4.08. The zero-order valence-corrected chi connectivity index (χ0v) is 23.6. The number of hydrogen-bond acceptors (Lipinski definition) is 6. The number of aromatic nitrogens is 2. The van der Waals surface area contributed by atoms with Crippen molar-refractivity contribution < 1.29 is 19.1 Å². The van der Waals surface area contributed by atoms with Crippen molar-refractivity contribution in [1.29, 1.82) is 0 Å². The maximum absolute atomic E-state index is 13.8. The molecule has 0 bridgehead atoms. The lowest BCUT2D eigenvalue weighted by molar-refractivity contribution is -0.123. The number of amides is 2. The van der Waals surface area contributed by atoms with Gasteiger partial charge in [-0.15, -0.1) is 11.8 Å². The van der Waals surface area contributed by atoms with E-state index in [-0.39, 0.29) is 29.4 Å². The van der Waals surface area contributed by atoms with E-state index in [0.717, 1.165) is 33.6 Å². The SMILES string of the molecule is COCCNC(=O)CN1C(=O)CS[C@@H](c2ccccc2C)c2c(-c3ccccc3)nn(-c3ccc(OC)cc3)c21. The summed E-state index contributed by atoms with van der Waals surface area (Å²) < 4.78 is 12.2. The van der Waals surface area contributed by atoms with Crippen molar-refractivity contribution >= 4 is 29.4 Å². The van der Waals surface area contributed by atoms with Gasteiger partial charge < -0.3 is 14.8 Å². The van der Waals surface area contributed by atoms with E-state index in [1.807, 2.05) is 66.7 Å². The van der Waals surface area contributed by atoms with Crippen LogP contribution in [0.2, 0.25) is 0 Å². The van der Waals surface area contributed by atoms with Gasteiger partial charge in [0.2, 0.25) is 11.8 Å². The van der Waals surface area contributed by atoms with Crippen LogP contribution in [0.15, 0.2) is 78.9 Å². The smallest absolute Gasteiger partial charge is 0.240 e. The van der Waals surface area contributed by atoms with Crippen LogP contribution in [0, 0.1) is 6.92 Å². The summed E-state index contributed by atoms with van der Waals surface area (Å²) in [4.78, 5) is 28.4.